The molecule has 10 nitrogen and oxygen atoms in total. The molecule has 196 valence electrons. The van der Waals surface area contributed by atoms with E-state index >= 15 is 0 Å². The fourth-order valence-corrected chi connectivity index (χ4v) is 4.93. The molecule has 1 aliphatic rings. The number of benzene rings is 1. The molecule has 2 aromatic rings. The van der Waals surface area contributed by atoms with Crippen LogP contribution in [0.1, 0.15) is 42.5 Å². The topological polar surface area (TPSA) is 147 Å². The van der Waals surface area contributed by atoms with Gasteiger partial charge in [-0.3, -0.25) is 14.5 Å². The number of sulfonamides is 1. The van der Waals surface area contributed by atoms with Crippen molar-refractivity contribution in [3.05, 3.63) is 59.3 Å². The maximum atomic E-state index is 13.3. The van der Waals surface area contributed by atoms with E-state index in [9.17, 15) is 18.0 Å². The van der Waals surface area contributed by atoms with Gasteiger partial charge in [0.25, 0.3) is 0 Å². The van der Waals surface area contributed by atoms with Crippen LogP contribution in [0, 0.1) is 6.92 Å². The van der Waals surface area contributed by atoms with Crippen molar-refractivity contribution in [2.75, 3.05) is 31.6 Å². The van der Waals surface area contributed by atoms with Gasteiger partial charge in [0.15, 0.2) is 0 Å². The number of likely N-dealkylation sites (tertiary alicyclic amines) is 1. The van der Waals surface area contributed by atoms with Gasteiger partial charge in [0.1, 0.15) is 11.9 Å². The fourth-order valence-electron chi connectivity index (χ4n) is 4.46. The van der Waals surface area contributed by atoms with Crippen LogP contribution in [0.25, 0.3) is 0 Å². The number of hydrogen-bond acceptors (Lipinski definition) is 7. The van der Waals surface area contributed by atoms with E-state index < -0.39 is 22.1 Å². The molecule has 1 saturated heterocycles. The minimum Gasteiger partial charge on any atom is -0.384 e. The number of carbonyl (C=O) groups is 2. The lowest BCUT2D eigenvalue weighted by Crippen LogP contribution is -2.56. The van der Waals surface area contributed by atoms with Crippen LogP contribution in [0.5, 0.6) is 0 Å². The van der Waals surface area contributed by atoms with Crippen LogP contribution in [-0.4, -0.2) is 68.1 Å². The molecule has 2 amide bonds. The fraction of sp³-hybridized carbons (Fsp3) is 0.480. The molecule has 0 saturated carbocycles. The second-order valence-electron chi connectivity index (χ2n) is 9.28. The normalized spacial score (nSPS) is 19.4. The summed E-state index contributed by atoms with van der Waals surface area (Å²) < 4.78 is 25.5. The lowest BCUT2D eigenvalue weighted by Gasteiger charge is -2.39. The molecule has 0 radical (unpaired) electrons. The molecule has 0 unspecified atom stereocenters. The van der Waals surface area contributed by atoms with Gasteiger partial charge in [0.2, 0.25) is 21.8 Å². The Morgan fingerprint density at radius 1 is 1.19 bits per heavy atom. The van der Waals surface area contributed by atoms with Crippen molar-refractivity contribution in [3.8, 4) is 0 Å². The number of pyridine rings is 1. The molecule has 3 atom stereocenters. The molecule has 5 N–H and O–H groups in total. The summed E-state index contributed by atoms with van der Waals surface area (Å²) in [6.45, 7) is 5.01. The van der Waals surface area contributed by atoms with Crippen molar-refractivity contribution in [1.29, 1.82) is 0 Å². The van der Waals surface area contributed by atoms with Gasteiger partial charge in [0, 0.05) is 25.3 Å². The van der Waals surface area contributed by atoms with Crippen LogP contribution in [0.2, 0.25) is 0 Å². The van der Waals surface area contributed by atoms with Gasteiger partial charge in [-0.15, -0.1) is 0 Å². The van der Waals surface area contributed by atoms with Gasteiger partial charge < -0.3 is 16.4 Å². The first kappa shape index (κ1) is 27.6. The van der Waals surface area contributed by atoms with Gasteiger partial charge in [-0.25, -0.2) is 18.1 Å². The number of carbonyl (C=O) groups excluding carboxylic acids is 2. The molecular formula is C25H36N6O4S. The number of amides is 2. The summed E-state index contributed by atoms with van der Waals surface area (Å²) in [4.78, 5) is 32.2. The zero-order chi connectivity index (χ0) is 26.3. The maximum Gasteiger partial charge on any atom is 0.242 e. The molecule has 2 heterocycles. The highest BCUT2D eigenvalue weighted by Crippen LogP contribution is 2.31. The first-order valence-corrected chi connectivity index (χ1v) is 14.0. The summed E-state index contributed by atoms with van der Waals surface area (Å²) in [6.07, 6.45) is 2.55. The van der Waals surface area contributed by atoms with Crippen LogP contribution < -0.4 is 21.1 Å². The SMILES string of the molecule is Cc1nc(N)ccc1CNC(=O)[C@H](C)NC(=O)[C@H]1C[C@@H](c2ccccc2)CCN1CCNS(C)(=O)=O. The average molecular weight is 517 g/mol. The van der Waals surface area contributed by atoms with Crippen molar-refractivity contribution in [2.45, 2.75) is 51.2 Å². The van der Waals surface area contributed by atoms with Crippen molar-refractivity contribution >= 4 is 27.7 Å². The van der Waals surface area contributed by atoms with Crippen molar-refractivity contribution in [1.82, 2.24) is 25.2 Å². The molecular weight excluding hydrogens is 480 g/mol. The third-order valence-corrected chi connectivity index (χ3v) is 7.20. The predicted octanol–water partition coefficient (Wildman–Crippen LogP) is 0.891. The van der Waals surface area contributed by atoms with E-state index in [4.69, 9.17) is 5.73 Å². The standard InChI is InChI=1S/C25H36N6O4S/c1-17-21(9-10-23(26)29-17)16-27-24(32)18(2)30-25(33)22-15-20(19-7-5-4-6-8-19)11-13-31(22)14-12-28-36(3,34)35/h4-10,18,20,22,28H,11-16H2,1-3H3,(H2,26,29)(H,27,32)(H,30,33)/t18-,20-,22+/m0/s1. The quantitative estimate of drug-likeness (QED) is 0.367. The van der Waals surface area contributed by atoms with E-state index in [1.807, 2.05) is 36.1 Å². The summed E-state index contributed by atoms with van der Waals surface area (Å²) in [5.41, 5.74) is 8.43. The van der Waals surface area contributed by atoms with E-state index in [2.05, 4.69) is 32.5 Å². The second-order valence-corrected chi connectivity index (χ2v) is 11.1. The van der Waals surface area contributed by atoms with Crippen molar-refractivity contribution in [2.24, 2.45) is 0 Å². The Hall–Kier alpha value is -3.02. The predicted molar refractivity (Wildman–Crippen MR) is 139 cm³/mol. The highest BCUT2D eigenvalue weighted by Gasteiger charge is 2.35. The Morgan fingerprint density at radius 3 is 2.58 bits per heavy atom. The Morgan fingerprint density at radius 2 is 1.92 bits per heavy atom. The van der Waals surface area contributed by atoms with E-state index in [1.54, 1.807) is 13.0 Å². The van der Waals surface area contributed by atoms with Gasteiger partial charge in [-0.2, -0.15) is 0 Å². The molecule has 36 heavy (non-hydrogen) atoms. The van der Waals surface area contributed by atoms with Gasteiger partial charge >= 0.3 is 0 Å². The highest BCUT2D eigenvalue weighted by molar-refractivity contribution is 7.88. The summed E-state index contributed by atoms with van der Waals surface area (Å²) in [6, 6.07) is 12.3. The van der Waals surface area contributed by atoms with Crippen LogP contribution in [0.3, 0.4) is 0 Å². The summed E-state index contributed by atoms with van der Waals surface area (Å²) in [7, 11) is -3.32. The van der Waals surface area contributed by atoms with Crippen LogP contribution in [0.15, 0.2) is 42.5 Å². The minimum atomic E-state index is -3.32. The molecule has 1 fully saturated rings. The monoisotopic (exact) mass is 516 g/mol. The average Bonchev–Trinajstić information content (AvgIpc) is 2.83. The number of nitrogens with one attached hydrogen (secondary N) is 3. The molecule has 1 aliphatic heterocycles. The van der Waals surface area contributed by atoms with E-state index in [-0.39, 0.29) is 30.8 Å². The smallest absolute Gasteiger partial charge is 0.242 e. The summed E-state index contributed by atoms with van der Waals surface area (Å²) >= 11 is 0. The number of aromatic nitrogens is 1. The van der Waals surface area contributed by atoms with Crippen LogP contribution >= 0.6 is 0 Å². The second kappa shape index (κ2) is 12.3. The Balaban J connectivity index is 1.63. The van der Waals surface area contributed by atoms with Gasteiger partial charge in [-0.1, -0.05) is 36.4 Å². The molecule has 0 aliphatic carbocycles. The molecule has 1 aromatic carbocycles. The highest BCUT2D eigenvalue weighted by atomic mass is 32.2. The first-order chi connectivity index (χ1) is 17.0. The lowest BCUT2D eigenvalue weighted by molar-refractivity contribution is -0.132. The minimum absolute atomic E-state index is 0.200. The maximum absolute atomic E-state index is 13.3. The lowest BCUT2D eigenvalue weighted by atomic mass is 9.85. The molecule has 1 aromatic heterocycles. The Labute approximate surface area is 213 Å². The van der Waals surface area contributed by atoms with E-state index in [0.29, 0.717) is 25.3 Å². The van der Waals surface area contributed by atoms with Crippen molar-refractivity contribution < 1.29 is 18.0 Å². The zero-order valence-electron chi connectivity index (χ0n) is 21.0. The largest absolute Gasteiger partial charge is 0.384 e. The molecule has 0 bridgehead atoms. The number of hydrogen-bond donors (Lipinski definition) is 4. The summed E-state index contributed by atoms with van der Waals surface area (Å²) in [5, 5.41) is 5.69. The number of anilines is 1. The van der Waals surface area contributed by atoms with Crippen LogP contribution in [0.4, 0.5) is 5.82 Å². The van der Waals surface area contributed by atoms with Gasteiger partial charge in [0.05, 0.1) is 12.3 Å². The number of nitrogens with zero attached hydrogens (tertiary/aromatic N) is 2. The molecule has 3 rings (SSSR count). The van der Waals surface area contributed by atoms with Crippen LogP contribution in [-0.2, 0) is 26.2 Å². The van der Waals surface area contributed by atoms with Gasteiger partial charge in [-0.05, 0) is 56.3 Å². The third kappa shape index (κ3) is 8.00. The molecule has 11 heteroatoms. The Kier molecular flexibility index (Phi) is 9.41. The van der Waals surface area contributed by atoms with Crippen molar-refractivity contribution in [3.63, 3.8) is 0 Å². The number of piperidine rings is 1. The number of nitrogen functional groups attached to an aromatic ring is 1. The van der Waals surface area contributed by atoms with E-state index in [1.165, 1.54) is 5.56 Å². The summed E-state index contributed by atoms with van der Waals surface area (Å²) in [5.74, 6) is 0.0650. The Bertz CT molecular complexity index is 1160. The third-order valence-electron chi connectivity index (χ3n) is 6.47. The number of nitrogens with two attached hydrogens (primary N) is 1. The van der Waals surface area contributed by atoms with E-state index in [0.717, 1.165) is 23.9 Å². The molecule has 0 spiro atoms. The first-order valence-electron chi connectivity index (χ1n) is 12.1. The number of aryl methyl sites for hydroxylation is 1. The number of rotatable bonds is 10. The zero-order valence-corrected chi connectivity index (χ0v) is 21.8.